The fraction of sp³-hybridized carbons (Fsp3) is 0.368. The van der Waals surface area contributed by atoms with Crippen LogP contribution in [0.1, 0.15) is 34.5 Å². The summed E-state index contributed by atoms with van der Waals surface area (Å²) in [5.41, 5.74) is 1.46. The van der Waals surface area contributed by atoms with Crippen LogP contribution >= 0.6 is 34.4 Å². The van der Waals surface area contributed by atoms with Crippen molar-refractivity contribution >= 4 is 44.7 Å². The number of hydrogen-bond acceptors (Lipinski definition) is 7. The highest BCUT2D eigenvalue weighted by atomic mass is 32.2. The highest BCUT2D eigenvalue weighted by Gasteiger charge is 2.24. The molecular weight excluding hydrogens is 394 g/mol. The lowest BCUT2D eigenvalue weighted by atomic mass is 9.89. The SMILES string of the molecule is CC1CCc2c(sc3ncnc(Sc4nnc(Cc5cccs5)n4C)c23)C1. The molecule has 0 spiro atoms. The largest absolute Gasteiger partial charge is 0.309 e. The highest BCUT2D eigenvalue weighted by molar-refractivity contribution is 7.99. The maximum absolute atomic E-state index is 4.61. The highest BCUT2D eigenvalue weighted by Crippen LogP contribution is 2.41. The van der Waals surface area contributed by atoms with Crippen LogP contribution in [-0.4, -0.2) is 24.7 Å². The molecule has 0 aliphatic heterocycles. The van der Waals surface area contributed by atoms with E-state index in [2.05, 4.69) is 49.2 Å². The van der Waals surface area contributed by atoms with Crippen LogP contribution in [0.4, 0.5) is 0 Å². The summed E-state index contributed by atoms with van der Waals surface area (Å²) in [5.74, 6) is 1.74. The lowest BCUT2D eigenvalue weighted by molar-refractivity contribution is 0.509. The van der Waals surface area contributed by atoms with Gasteiger partial charge in [0.2, 0.25) is 0 Å². The zero-order valence-corrected chi connectivity index (χ0v) is 17.6. The van der Waals surface area contributed by atoms with Gasteiger partial charge in [0.25, 0.3) is 0 Å². The predicted octanol–water partition coefficient (Wildman–Crippen LogP) is 4.75. The van der Waals surface area contributed by atoms with Gasteiger partial charge in [0, 0.05) is 28.6 Å². The summed E-state index contributed by atoms with van der Waals surface area (Å²) in [6.07, 6.45) is 6.02. The zero-order chi connectivity index (χ0) is 18.4. The van der Waals surface area contributed by atoms with Crippen LogP contribution in [0.2, 0.25) is 0 Å². The summed E-state index contributed by atoms with van der Waals surface area (Å²) in [6, 6.07) is 4.21. The molecule has 138 valence electrons. The molecule has 27 heavy (non-hydrogen) atoms. The molecule has 4 heterocycles. The van der Waals surface area contributed by atoms with Gasteiger partial charge in [-0.3, -0.25) is 0 Å². The number of thiophene rings is 2. The van der Waals surface area contributed by atoms with Gasteiger partial charge in [-0.15, -0.1) is 32.9 Å². The maximum atomic E-state index is 4.61. The fourth-order valence-corrected chi connectivity index (χ4v) is 6.60. The van der Waals surface area contributed by atoms with Crippen molar-refractivity contribution in [3.63, 3.8) is 0 Å². The normalized spacial score (nSPS) is 16.7. The monoisotopic (exact) mass is 413 g/mol. The molecule has 0 radical (unpaired) electrons. The Morgan fingerprint density at radius 2 is 2.22 bits per heavy atom. The summed E-state index contributed by atoms with van der Waals surface area (Å²) in [6.45, 7) is 2.34. The van der Waals surface area contributed by atoms with E-state index in [4.69, 9.17) is 0 Å². The van der Waals surface area contributed by atoms with Crippen LogP contribution in [0.25, 0.3) is 10.2 Å². The molecule has 0 bridgehead atoms. The van der Waals surface area contributed by atoms with Gasteiger partial charge < -0.3 is 4.57 Å². The quantitative estimate of drug-likeness (QED) is 0.452. The van der Waals surface area contributed by atoms with Crippen LogP contribution in [0.15, 0.2) is 34.0 Å². The molecule has 1 aliphatic rings. The first-order valence-electron chi connectivity index (χ1n) is 9.02. The smallest absolute Gasteiger partial charge is 0.197 e. The van der Waals surface area contributed by atoms with Crippen molar-refractivity contribution < 1.29 is 0 Å². The van der Waals surface area contributed by atoms with Crippen LogP contribution in [0.3, 0.4) is 0 Å². The second-order valence-corrected chi connectivity index (χ2v) is 10.1. The number of nitrogens with zero attached hydrogens (tertiary/aromatic N) is 5. The van der Waals surface area contributed by atoms with E-state index in [0.29, 0.717) is 0 Å². The molecule has 8 heteroatoms. The molecule has 1 aliphatic carbocycles. The first kappa shape index (κ1) is 17.3. The Morgan fingerprint density at radius 1 is 1.30 bits per heavy atom. The molecule has 0 amide bonds. The van der Waals surface area contributed by atoms with Crippen LogP contribution in [0.5, 0.6) is 0 Å². The van der Waals surface area contributed by atoms with Crippen LogP contribution in [-0.2, 0) is 26.3 Å². The van der Waals surface area contributed by atoms with E-state index < -0.39 is 0 Å². The molecular formula is C19H19N5S3. The molecule has 1 unspecified atom stereocenters. The van der Waals surface area contributed by atoms with Gasteiger partial charge in [0.15, 0.2) is 5.16 Å². The predicted molar refractivity (Wildman–Crippen MR) is 111 cm³/mol. The molecule has 5 rings (SSSR count). The molecule has 0 saturated carbocycles. The summed E-state index contributed by atoms with van der Waals surface area (Å²) in [5, 5.41) is 14.1. The summed E-state index contributed by atoms with van der Waals surface area (Å²) in [4.78, 5) is 13.0. The van der Waals surface area contributed by atoms with Gasteiger partial charge in [0.05, 0.1) is 0 Å². The molecule has 4 aromatic rings. The first-order valence-corrected chi connectivity index (χ1v) is 11.5. The van der Waals surface area contributed by atoms with E-state index in [-0.39, 0.29) is 0 Å². The molecule has 0 aromatic carbocycles. The van der Waals surface area contributed by atoms with Gasteiger partial charge in [-0.2, -0.15) is 0 Å². The minimum absolute atomic E-state index is 0.758. The average Bonchev–Trinajstić information content (AvgIpc) is 3.37. The van der Waals surface area contributed by atoms with E-state index in [0.717, 1.165) is 46.0 Å². The number of aryl methyl sites for hydroxylation is 1. The number of aromatic nitrogens is 5. The van der Waals surface area contributed by atoms with E-state index in [1.54, 1.807) is 29.4 Å². The molecule has 0 N–H and O–H groups in total. The summed E-state index contributed by atoms with van der Waals surface area (Å²) >= 11 is 5.19. The minimum atomic E-state index is 0.758. The van der Waals surface area contributed by atoms with Gasteiger partial charge in [0.1, 0.15) is 22.0 Å². The van der Waals surface area contributed by atoms with Crippen molar-refractivity contribution in [2.75, 3.05) is 0 Å². The van der Waals surface area contributed by atoms with Crippen molar-refractivity contribution in [2.24, 2.45) is 13.0 Å². The van der Waals surface area contributed by atoms with Crippen molar-refractivity contribution in [3.05, 3.63) is 45.0 Å². The Balaban J connectivity index is 1.49. The number of hydrogen-bond donors (Lipinski definition) is 0. The van der Waals surface area contributed by atoms with Crippen LogP contribution in [0, 0.1) is 5.92 Å². The Labute approximate surface area is 169 Å². The van der Waals surface area contributed by atoms with Crippen molar-refractivity contribution in [2.45, 2.75) is 42.8 Å². The second kappa shape index (κ2) is 7.00. The Hall–Kier alpha value is -1.77. The van der Waals surface area contributed by atoms with E-state index >= 15 is 0 Å². The van der Waals surface area contributed by atoms with Crippen molar-refractivity contribution in [1.82, 2.24) is 24.7 Å². The van der Waals surface area contributed by atoms with Crippen LogP contribution < -0.4 is 0 Å². The Kier molecular flexibility index (Phi) is 4.49. The summed E-state index contributed by atoms with van der Waals surface area (Å²) in [7, 11) is 2.04. The van der Waals surface area contributed by atoms with E-state index in [1.165, 1.54) is 27.1 Å². The zero-order valence-electron chi connectivity index (χ0n) is 15.2. The molecule has 0 fully saturated rings. The van der Waals surface area contributed by atoms with Gasteiger partial charge >= 0.3 is 0 Å². The van der Waals surface area contributed by atoms with E-state index in [1.807, 2.05) is 18.4 Å². The molecule has 5 nitrogen and oxygen atoms in total. The van der Waals surface area contributed by atoms with Crippen molar-refractivity contribution in [3.8, 4) is 0 Å². The molecule has 0 saturated heterocycles. The Bertz CT molecular complexity index is 1100. The number of rotatable bonds is 4. The van der Waals surface area contributed by atoms with Gasteiger partial charge in [-0.05, 0) is 54.0 Å². The maximum Gasteiger partial charge on any atom is 0.197 e. The average molecular weight is 414 g/mol. The third-order valence-corrected chi connectivity index (χ3v) is 8.16. The first-order chi connectivity index (χ1) is 13.2. The van der Waals surface area contributed by atoms with Gasteiger partial charge in [-0.25, -0.2) is 9.97 Å². The fourth-order valence-electron chi connectivity index (χ4n) is 3.57. The third-order valence-electron chi connectivity index (χ3n) is 5.08. The third kappa shape index (κ3) is 3.19. The Morgan fingerprint density at radius 3 is 3.07 bits per heavy atom. The summed E-state index contributed by atoms with van der Waals surface area (Å²) < 4.78 is 2.08. The molecule has 4 aromatic heterocycles. The second-order valence-electron chi connectivity index (χ2n) is 7.03. The lowest BCUT2D eigenvalue weighted by Gasteiger charge is -2.18. The molecule has 1 atom stereocenters. The van der Waals surface area contributed by atoms with E-state index in [9.17, 15) is 0 Å². The van der Waals surface area contributed by atoms with Crippen molar-refractivity contribution in [1.29, 1.82) is 0 Å². The topological polar surface area (TPSA) is 56.5 Å². The number of fused-ring (bicyclic) bond motifs is 3. The standard InChI is InChI=1S/C19H19N5S3/c1-11-5-6-13-14(8-11)26-17-16(13)18(21-10-20-17)27-19-23-22-15(24(19)2)9-12-4-3-7-25-12/h3-4,7,10-11H,5-6,8-9H2,1-2H3. The van der Waals surface area contributed by atoms with Gasteiger partial charge in [-0.1, -0.05) is 13.0 Å². The lowest BCUT2D eigenvalue weighted by Crippen LogP contribution is -2.08. The minimum Gasteiger partial charge on any atom is -0.309 e.